The van der Waals surface area contributed by atoms with Gasteiger partial charge in [-0.15, -0.1) is 11.6 Å². The average molecular weight is 319 g/mol. The summed E-state index contributed by atoms with van der Waals surface area (Å²) in [5, 5.41) is -1.34. The van der Waals surface area contributed by atoms with Gasteiger partial charge in [0.1, 0.15) is 11.5 Å². The van der Waals surface area contributed by atoms with Gasteiger partial charge in [0.25, 0.3) is 0 Å². The Balaban J connectivity index is 2.32. The molecular weight excluding hydrogens is 304 g/mol. The fourth-order valence-electron chi connectivity index (χ4n) is 2.09. The zero-order valence-electron chi connectivity index (χ0n) is 12.2. The molecule has 0 unspecified atom stereocenters. The quantitative estimate of drug-likeness (QED) is 0.465. The minimum absolute atomic E-state index is 0.272. The predicted octanol–water partition coefficient (Wildman–Crippen LogP) is 3.38. The lowest BCUT2D eigenvalue weighted by molar-refractivity contribution is 0.0897. The van der Waals surface area contributed by atoms with Gasteiger partial charge in [0.15, 0.2) is 16.9 Å². The topological polar surface area (TPSA) is 52.6 Å². The standard InChI is InChI=1S/C17H15ClO4/c1-21-13-9-5-3-7-11(13)16(19)15(18)17(20)12-8-4-6-10-14(12)22-2/h3-10,15H,1-2H3. The van der Waals surface area contributed by atoms with Crippen LogP contribution in [0.15, 0.2) is 48.5 Å². The van der Waals surface area contributed by atoms with E-state index in [0.717, 1.165) is 0 Å². The number of para-hydroxylation sites is 2. The van der Waals surface area contributed by atoms with Gasteiger partial charge in [-0.1, -0.05) is 24.3 Å². The highest BCUT2D eigenvalue weighted by molar-refractivity contribution is 6.47. The van der Waals surface area contributed by atoms with Crippen molar-refractivity contribution in [1.82, 2.24) is 0 Å². The average Bonchev–Trinajstić information content (AvgIpc) is 2.59. The molecule has 0 aliphatic carbocycles. The Labute approximate surface area is 133 Å². The van der Waals surface area contributed by atoms with Gasteiger partial charge in [-0.05, 0) is 24.3 Å². The van der Waals surface area contributed by atoms with Crippen LogP contribution in [0.25, 0.3) is 0 Å². The number of carbonyl (C=O) groups is 2. The van der Waals surface area contributed by atoms with E-state index in [9.17, 15) is 9.59 Å². The van der Waals surface area contributed by atoms with Crippen molar-refractivity contribution < 1.29 is 19.1 Å². The molecule has 0 spiro atoms. The van der Waals surface area contributed by atoms with Gasteiger partial charge in [0.2, 0.25) is 0 Å². The van der Waals surface area contributed by atoms with Crippen LogP contribution in [0.4, 0.5) is 0 Å². The number of hydrogen-bond acceptors (Lipinski definition) is 4. The van der Waals surface area contributed by atoms with Crippen molar-refractivity contribution in [2.45, 2.75) is 5.38 Å². The number of benzene rings is 2. The van der Waals surface area contributed by atoms with E-state index in [2.05, 4.69) is 0 Å². The van der Waals surface area contributed by atoms with Crippen molar-refractivity contribution in [2.24, 2.45) is 0 Å². The van der Waals surface area contributed by atoms with Crippen LogP contribution < -0.4 is 9.47 Å². The fraction of sp³-hybridized carbons (Fsp3) is 0.176. The van der Waals surface area contributed by atoms with Crippen LogP contribution in [0.2, 0.25) is 0 Å². The summed E-state index contributed by atoms with van der Waals surface area (Å²) in [6.45, 7) is 0. The normalized spacial score (nSPS) is 10.4. The minimum Gasteiger partial charge on any atom is -0.496 e. The number of halogens is 1. The van der Waals surface area contributed by atoms with Crippen LogP contribution in [-0.4, -0.2) is 31.2 Å². The van der Waals surface area contributed by atoms with Gasteiger partial charge >= 0.3 is 0 Å². The first-order valence-electron chi connectivity index (χ1n) is 6.58. The second-order valence-electron chi connectivity index (χ2n) is 4.49. The van der Waals surface area contributed by atoms with Crippen molar-refractivity contribution >= 4 is 23.2 Å². The van der Waals surface area contributed by atoms with Crippen LogP contribution >= 0.6 is 11.6 Å². The molecule has 0 amide bonds. The van der Waals surface area contributed by atoms with Gasteiger partial charge in [0.05, 0.1) is 25.3 Å². The van der Waals surface area contributed by atoms with E-state index in [1.54, 1.807) is 48.5 Å². The Hall–Kier alpha value is -2.33. The van der Waals surface area contributed by atoms with Crippen LogP contribution in [0.1, 0.15) is 20.7 Å². The third kappa shape index (κ3) is 3.12. The Morgan fingerprint density at radius 2 is 1.18 bits per heavy atom. The van der Waals surface area contributed by atoms with Crippen LogP contribution in [-0.2, 0) is 0 Å². The molecule has 0 aliphatic heterocycles. The van der Waals surface area contributed by atoms with E-state index in [4.69, 9.17) is 21.1 Å². The maximum atomic E-state index is 12.5. The van der Waals surface area contributed by atoms with Crippen molar-refractivity contribution in [1.29, 1.82) is 0 Å². The smallest absolute Gasteiger partial charge is 0.192 e. The van der Waals surface area contributed by atoms with Crippen molar-refractivity contribution in [3.8, 4) is 11.5 Å². The Kier molecular flexibility index (Phi) is 5.17. The molecule has 114 valence electrons. The fourth-order valence-corrected chi connectivity index (χ4v) is 2.32. The molecule has 0 aliphatic rings. The van der Waals surface area contributed by atoms with E-state index in [0.29, 0.717) is 11.5 Å². The molecule has 0 fully saturated rings. The summed E-state index contributed by atoms with van der Waals surface area (Å²) < 4.78 is 10.3. The second-order valence-corrected chi connectivity index (χ2v) is 4.93. The predicted molar refractivity (Wildman–Crippen MR) is 84.3 cm³/mol. The van der Waals surface area contributed by atoms with Gasteiger partial charge in [-0.3, -0.25) is 9.59 Å². The highest BCUT2D eigenvalue weighted by atomic mass is 35.5. The maximum Gasteiger partial charge on any atom is 0.192 e. The Bertz CT molecular complexity index is 637. The number of carbonyl (C=O) groups excluding carboxylic acids is 2. The van der Waals surface area contributed by atoms with Gasteiger partial charge in [-0.2, -0.15) is 0 Å². The molecule has 2 aromatic carbocycles. The maximum absolute atomic E-state index is 12.5. The third-order valence-electron chi connectivity index (χ3n) is 3.21. The number of ether oxygens (including phenoxy) is 2. The lowest BCUT2D eigenvalue weighted by Gasteiger charge is -2.12. The third-order valence-corrected chi connectivity index (χ3v) is 3.60. The first kappa shape index (κ1) is 16.0. The molecule has 0 heterocycles. The lowest BCUT2D eigenvalue weighted by atomic mass is 10.00. The largest absolute Gasteiger partial charge is 0.496 e. The summed E-state index contributed by atoms with van der Waals surface area (Å²) >= 11 is 6.10. The van der Waals surface area contributed by atoms with Gasteiger partial charge < -0.3 is 9.47 Å². The number of Topliss-reactive ketones (excluding diaryl/α,β-unsaturated/α-hetero) is 2. The monoisotopic (exact) mass is 318 g/mol. The highest BCUT2D eigenvalue weighted by Crippen LogP contribution is 2.25. The van der Waals surface area contributed by atoms with Crippen LogP contribution in [0.3, 0.4) is 0 Å². The molecule has 0 atom stereocenters. The van der Waals surface area contributed by atoms with E-state index in [-0.39, 0.29) is 11.1 Å². The molecule has 2 aromatic rings. The Morgan fingerprint density at radius 3 is 1.55 bits per heavy atom. The summed E-state index contributed by atoms with van der Waals surface area (Å²) in [6, 6.07) is 13.3. The van der Waals surface area contributed by atoms with Gasteiger partial charge in [0, 0.05) is 0 Å². The number of methoxy groups -OCH3 is 2. The lowest BCUT2D eigenvalue weighted by Crippen LogP contribution is -2.25. The number of rotatable bonds is 6. The van der Waals surface area contributed by atoms with Crippen molar-refractivity contribution in [3.05, 3.63) is 59.7 Å². The first-order valence-corrected chi connectivity index (χ1v) is 7.02. The summed E-state index contributed by atoms with van der Waals surface area (Å²) in [4.78, 5) is 24.9. The summed E-state index contributed by atoms with van der Waals surface area (Å²) in [7, 11) is 2.91. The van der Waals surface area contributed by atoms with Crippen LogP contribution in [0, 0.1) is 0 Å². The SMILES string of the molecule is COc1ccccc1C(=O)C(Cl)C(=O)c1ccccc1OC. The van der Waals surface area contributed by atoms with Crippen molar-refractivity contribution in [2.75, 3.05) is 14.2 Å². The summed E-state index contributed by atoms with van der Waals surface area (Å²) in [5.74, 6) is -0.248. The highest BCUT2D eigenvalue weighted by Gasteiger charge is 2.29. The second kappa shape index (κ2) is 7.09. The van der Waals surface area contributed by atoms with E-state index >= 15 is 0 Å². The van der Waals surface area contributed by atoms with E-state index in [1.165, 1.54) is 14.2 Å². The molecular formula is C17H15ClO4. The molecule has 5 heteroatoms. The molecule has 2 rings (SSSR count). The summed E-state index contributed by atoms with van der Waals surface area (Å²) in [6.07, 6.45) is 0. The minimum atomic E-state index is -1.34. The number of alkyl halides is 1. The molecule has 0 aromatic heterocycles. The zero-order valence-corrected chi connectivity index (χ0v) is 13.0. The molecule has 0 bridgehead atoms. The molecule has 4 nitrogen and oxygen atoms in total. The van der Waals surface area contributed by atoms with Crippen molar-refractivity contribution in [3.63, 3.8) is 0 Å². The molecule has 0 saturated carbocycles. The zero-order chi connectivity index (χ0) is 16.1. The number of ketones is 2. The van der Waals surface area contributed by atoms with Gasteiger partial charge in [-0.25, -0.2) is 0 Å². The number of hydrogen-bond donors (Lipinski definition) is 0. The molecule has 0 saturated heterocycles. The molecule has 22 heavy (non-hydrogen) atoms. The molecule has 0 radical (unpaired) electrons. The van der Waals surface area contributed by atoms with E-state index < -0.39 is 16.9 Å². The summed E-state index contributed by atoms with van der Waals surface area (Å²) in [5.41, 5.74) is 0.543. The first-order chi connectivity index (χ1) is 10.6. The Morgan fingerprint density at radius 1 is 0.818 bits per heavy atom. The molecule has 0 N–H and O–H groups in total. The van der Waals surface area contributed by atoms with Crippen LogP contribution in [0.5, 0.6) is 11.5 Å². The van der Waals surface area contributed by atoms with E-state index in [1.807, 2.05) is 0 Å².